The molecule has 2 aliphatic rings. The molecule has 0 radical (unpaired) electrons. The quantitative estimate of drug-likeness (QED) is 0.863. The molecule has 152 valence electrons. The molecule has 3 amide bonds. The number of hydrogen-bond acceptors (Lipinski definition) is 4. The monoisotopic (exact) mass is 393 g/mol. The fourth-order valence-electron chi connectivity index (χ4n) is 4.12. The van der Waals surface area contributed by atoms with Crippen molar-refractivity contribution in [3.05, 3.63) is 48.2 Å². The van der Waals surface area contributed by atoms with Crippen LogP contribution in [0.15, 0.2) is 42.6 Å². The van der Waals surface area contributed by atoms with Crippen LogP contribution >= 0.6 is 0 Å². The van der Waals surface area contributed by atoms with Crippen LogP contribution in [0, 0.1) is 0 Å². The molecule has 7 heteroatoms. The van der Waals surface area contributed by atoms with E-state index >= 15 is 0 Å². The number of anilines is 3. The molecule has 1 saturated heterocycles. The zero-order chi connectivity index (χ0) is 20.4. The number of likely N-dealkylation sites (tertiary alicyclic amines) is 1. The molecular formula is C22H27N5O2. The number of rotatable bonds is 3. The molecule has 0 aliphatic carbocycles. The number of urea groups is 1. The lowest BCUT2D eigenvalue weighted by molar-refractivity contribution is 0.102. The maximum Gasteiger partial charge on any atom is 0.330 e. The Morgan fingerprint density at radius 2 is 2.03 bits per heavy atom. The highest BCUT2D eigenvalue weighted by atomic mass is 16.2. The van der Waals surface area contributed by atoms with Gasteiger partial charge in [0.15, 0.2) is 5.82 Å². The van der Waals surface area contributed by atoms with Crippen LogP contribution < -0.4 is 10.2 Å². The number of aromatic nitrogens is 1. The third-order valence-corrected chi connectivity index (χ3v) is 5.61. The van der Waals surface area contributed by atoms with Crippen molar-refractivity contribution in [1.82, 2.24) is 14.8 Å². The van der Waals surface area contributed by atoms with Crippen molar-refractivity contribution >= 4 is 29.1 Å². The molecule has 2 aliphatic heterocycles. The summed E-state index contributed by atoms with van der Waals surface area (Å²) in [5.41, 5.74) is 1.59. The zero-order valence-electron chi connectivity index (χ0n) is 17.0. The second-order valence-electron chi connectivity index (χ2n) is 7.90. The van der Waals surface area contributed by atoms with E-state index in [2.05, 4.69) is 29.3 Å². The highest BCUT2D eigenvalue weighted by Crippen LogP contribution is 2.37. The SMILES string of the molecule is CN(C)CCC1CCCCN1C(=O)N1c2ccccc2C(=O)Nc2cccnc21. The van der Waals surface area contributed by atoms with Gasteiger partial charge in [-0.25, -0.2) is 14.7 Å². The molecule has 1 unspecified atom stereocenters. The molecule has 1 fully saturated rings. The topological polar surface area (TPSA) is 68.8 Å². The second kappa shape index (κ2) is 8.21. The van der Waals surface area contributed by atoms with Gasteiger partial charge in [-0.1, -0.05) is 12.1 Å². The molecule has 29 heavy (non-hydrogen) atoms. The first-order valence-corrected chi connectivity index (χ1v) is 10.2. The number of fused-ring (bicyclic) bond motifs is 2. The van der Waals surface area contributed by atoms with Gasteiger partial charge in [-0.15, -0.1) is 0 Å². The number of piperidine rings is 1. The summed E-state index contributed by atoms with van der Waals surface area (Å²) in [4.78, 5) is 36.8. The highest BCUT2D eigenvalue weighted by molar-refractivity contribution is 6.16. The number of carbonyl (C=O) groups is 2. The minimum atomic E-state index is -0.229. The van der Waals surface area contributed by atoms with Crippen LogP contribution in [0.25, 0.3) is 0 Å². The maximum absolute atomic E-state index is 13.9. The van der Waals surface area contributed by atoms with E-state index in [1.165, 1.54) is 0 Å². The highest BCUT2D eigenvalue weighted by Gasteiger charge is 2.36. The van der Waals surface area contributed by atoms with Crippen molar-refractivity contribution in [3.63, 3.8) is 0 Å². The summed E-state index contributed by atoms with van der Waals surface area (Å²) in [5, 5.41) is 2.90. The van der Waals surface area contributed by atoms with E-state index in [9.17, 15) is 9.59 Å². The Morgan fingerprint density at radius 1 is 1.21 bits per heavy atom. The van der Waals surface area contributed by atoms with E-state index in [1.807, 2.05) is 23.1 Å². The molecule has 1 N–H and O–H groups in total. The molecule has 2 aromatic rings. The lowest BCUT2D eigenvalue weighted by atomic mass is 9.99. The Kier molecular flexibility index (Phi) is 5.49. The van der Waals surface area contributed by atoms with Gasteiger partial charge in [0.2, 0.25) is 0 Å². The van der Waals surface area contributed by atoms with E-state index in [0.717, 1.165) is 38.8 Å². The standard InChI is InChI=1S/C22H27N5O2/c1-25(2)15-12-16-8-5-6-14-26(16)22(29)27-19-11-4-3-9-17(19)21(28)24-18-10-7-13-23-20(18)27/h3-4,7,9-11,13,16H,5-6,8,12,14-15H2,1-2H3,(H,24,28). The van der Waals surface area contributed by atoms with Crippen molar-refractivity contribution in [1.29, 1.82) is 0 Å². The minimum absolute atomic E-state index is 0.114. The summed E-state index contributed by atoms with van der Waals surface area (Å²) >= 11 is 0. The van der Waals surface area contributed by atoms with E-state index in [1.54, 1.807) is 29.3 Å². The predicted molar refractivity (Wildman–Crippen MR) is 114 cm³/mol. The summed E-state index contributed by atoms with van der Waals surface area (Å²) < 4.78 is 0. The van der Waals surface area contributed by atoms with Crippen LogP contribution in [0.3, 0.4) is 0 Å². The van der Waals surface area contributed by atoms with Gasteiger partial charge in [-0.2, -0.15) is 0 Å². The summed E-state index contributed by atoms with van der Waals surface area (Å²) in [5.74, 6) is 0.237. The summed E-state index contributed by atoms with van der Waals surface area (Å²) in [6.45, 7) is 1.65. The number of pyridine rings is 1. The number of carbonyl (C=O) groups excluding carboxylic acids is 2. The molecule has 7 nitrogen and oxygen atoms in total. The Morgan fingerprint density at radius 3 is 2.86 bits per heavy atom. The van der Waals surface area contributed by atoms with Gasteiger partial charge in [-0.3, -0.25) is 4.79 Å². The Bertz CT molecular complexity index is 914. The van der Waals surface area contributed by atoms with Gasteiger partial charge >= 0.3 is 6.03 Å². The van der Waals surface area contributed by atoms with Crippen molar-refractivity contribution in [3.8, 4) is 0 Å². The first kappa shape index (κ1) is 19.4. The number of nitrogens with one attached hydrogen (secondary N) is 1. The average Bonchev–Trinajstić information content (AvgIpc) is 2.86. The lowest BCUT2D eigenvalue weighted by Gasteiger charge is -2.39. The van der Waals surface area contributed by atoms with E-state index < -0.39 is 0 Å². The number of para-hydroxylation sites is 1. The van der Waals surface area contributed by atoms with Crippen LogP contribution in [0.4, 0.5) is 22.0 Å². The van der Waals surface area contributed by atoms with Crippen molar-refractivity contribution < 1.29 is 9.59 Å². The zero-order valence-corrected chi connectivity index (χ0v) is 17.0. The Hall–Kier alpha value is -2.93. The van der Waals surface area contributed by atoms with Gasteiger partial charge in [0.1, 0.15) is 0 Å². The van der Waals surface area contributed by atoms with Crippen LogP contribution in [0.2, 0.25) is 0 Å². The van der Waals surface area contributed by atoms with Gasteiger partial charge in [0.25, 0.3) is 5.91 Å². The molecule has 4 rings (SSSR count). The molecule has 1 aromatic carbocycles. The average molecular weight is 393 g/mol. The molecular weight excluding hydrogens is 366 g/mol. The van der Waals surface area contributed by atoms with Crippen LogP contribution in [0.1, 0.15) is 36.0 Å². The Balaban J connectivity index is 1.75. The van der Waals surface area contributed by atoms with Crippen LogP contribution in [-0.2, 0) is 0 Å². The van der Waals surface area contributed by atoms with Gasteiger partial charge < -0.3 is 15.1 Å². The van der Waals surface area contributed by atoms with Crippen LogP contribution in [0.5, 0.6) is 0 Å². The first-order valence-electron chi connectivity index (χ1n) is 10.2. The largest absolute Gasteiger partial charge is 0.330 e. The number of nitrogens with zero attached hydrogens (tertiary/aromatic N) is 4. The first-order chi connectivity index (χ1) is 14.1. The van der Waals surface area contributed by atoms with Gasteiger partial charge in [0.05, 0.1) is 16.9 Å². The Labute approximate surface area is 171 Å². The molecule has 0 spiro atoms. The summed E-state index contributed by atoms with van der Waals surface area (Å²) in [7, 11) is 4.11. The second-order valence-corrected chi connectivity index (χ2v) is 7.90. The third kappa shape index (κ3) is 3.82. The van der Waals surface area contributed by atoms with Crippen molar-refractivity contribution in [2.75, 3.05) is 37.4 Å². The van der Waals surface area contributed by atoms with E-state index in [4.69, 9.17) is 0 Å². The molecule has 3 heterocycles. The van der Waals surface area contributed by atoms with E-state index in [-0.39, 0.29) is 18.0 Å². The summed E-state index contributed by atoms with van der Waals surface area (Å²) in [6, 6.07) is 10.8. The fourth-order valence-corrected chi connectivity index (χ4v) is 4.12. The number of hydrogen-bond donors (Lipinski definition) is 1. The molecule has 0 bridgehead atoms. The third-order valence-electron chi connectivity index (χ3n) is 5.61. The fraction of sp³-hybridized carbons (Fsp3) is 0.409. The number of benzene rings is 1. The lowest BCUT2D eigenvalue weighted by Crippen LogP contribution is -2.50. The summed E-state index contributed by atoms with van der Waals surface area (Å²) in [6.07, 6.45) is 5.71. The minimum Gasteiger partial charge on any atom is -0.321 e. The number of amides is 3. The van der Waals surface area contributed by atoms with Crippen LogP contribution in [-0.4, -0.2) is 59.9 Å². The van der Waals surface area contributed by atoms with Gasteiger partial charge in [-0.05, 0) is 70.6 Å². The van der Waals surface area contributed by atoms with Crippen molar-refractivity contribution in [2.24, 2.45) is 0 Å². The normalized spacial score (nSPS) is 18.7. The maximum atomic E-state index is 13.9. The predicted octanol–water partition coefficient (Wildman–Crippen LogP) is 3.71. The molecule has 1 atom stereocenters. The smallest absolute Gasteiger partial charge is 0.321 e. The molecule has 0 saturated carbocycles. The molecule has 1 aromatic heterocycles. The van der Waals surface area contributed by atoms with E-state index in [0.29, 0.717) is 22.8 Å². The van der Waals surface area contributed by atoms with Crippen molar-refractivity contribution in [2.45, 2.75) is 31.7 Å². The van der Waals surface area contributed by atoms with Gasteiger partial charge in [0, 0.05) is 18.8 Å².